The third-order valence-electron chi connectivity index (χ3n) is 3.59. The Morgan fingerprint density at radius 2 is 1.65 bits per heavy atom. The average molecular weight is 289 g/mol. The van der Waals surface area contributed by atoms with Gasteiger partial charge in [0, 0.05) is 0 Å². The summed E-state index contributed by atoms with van der Waals surface area (Å²) in [5.74, 6) is 0.857. The fraction of sp³-hybridized carbons (Fsp3) is 0.538. The highest BCUT2D eigenvalue weighted by Gasteiger charge is 2.40. The first-order valence-corrected chi connectivity index (χ1v) is 10.3. The van der Waals surface area contributed by atoms with E-state index in [9.17, 15) is 0 Å². The molecule has 4 heteroatoms. The van der Waals surface area contributed by atoms with Crippen molar-refractivity contribution in [3.05, 3.63) is 24.3 Å². The molecule has 1 aliphatic rings. The third kappa shape index (κ3) is 2.98. The second kappa shape index (κ2) is 5.64. The fourth-order valence-electron chi connectivity index (χ4n) is 2.51. The Morgan fingerprint density at radius 3 is 2.18 bits per heavy atom. The Labute approximate surface area is 113 Å². The lowest BCUT2D eigenvalue weighted by Crippen LogP contribution is -2.42. The molecule has 0 saturated heterocycles. The van der Waals surface area contributed by atoms with Gasteiger partial charge in [0.15, 0.2) is 0 Å². The lowest BCUT2D eigenvalue weighted by molar-refractivity contribution is 0.415. The van der Waals surface area contributed by atoms with Crippen molar-refractivity contribution in [3.63, 3.8) is 0 Å². The predicted molar refractivity (Wildman–Crippen MR) is 76.9 cm³/mol. The van der Waals surface area contributed by atoms with E-state index in [1.54, 1.807) is 7.11 Å². The Bertz CT molecular complexity index is 358. The van der Waals surface area contributed by atoms with E-state index in [2.05, 4.69) is 0 Å². The van der Waals surface area contributed by atoms with Crippen LogP contribution in [-0.2, 0) is 0 Å². The van der Waals surface area contributed by atoms with Crippen molar-refractivity contribution in [2.75, 3.05) is 7.11 Å². The Kier molecular flexibility index (Phi) is 4.40. The molecule has 0 amide bonds. The smallest absolute Gasteiger partial charge is 0.283 e. The summed E-state index contributed by atoms with van der Waals surface area (Å²) in [5, 5.41) is 1.12. The van der Waals surface area contributed by atoms with Gasteiger partial charge in [0.2, 0.25) is 0 Å². The molecule has 0 N–H and O–H groups in total. The Balaban J connectivity index is 2.17. The lowest BCUT2D eigenvalue weighted by atomic mass is 10.0. The topological polar surface area (TPSA) is 9.23 Å². The van der Waals surface area contributed by atoms with E-state index >= 15 is 0 Å². The van der Waals surface area contributed by atoms with Crippen LogP contribution in [0.3, 0.4) is 0 Å². The number of hydrogen-bond acceptors (Lipinski definition) is 1. The average Bonchev–Trinajstić information content (AvgIpc) is 2.40. The zero-order chi connectivity index (χ0) is 12.3. The maximum absolute atomic E-state index is 6.70. The van der Waals surface area contributed by atoms with Gasteiger partial charge in [-0.05, 0) is 22.9 Å². The molecule has 1 aromatic carbocycles. The minimum Gasteiger partial charge on any atom is -0.497 e. The Morgan fingerprint density at radius 1 is 1.06 bits per heavy atom. The SMILES string of the molecule is COc1ccc([Si](Cl)(Cl)C2CCCCC2)cc1. The van der Waals surface area contributed by atoms with Crippen LogP contribution in [0, 0.1) is 0 Å². The van der Waals surface area contributed by atoms with Crippen LogP contribution >= 0.6 is 22.2 Å². The van der Waals surface area contributed by atoms with E-state index in [1.807, 2.05) is 24.3 Å². The second-order valence-corrected chi connectivity index (χ2v) is 11.5. The number of methoxy groups -OCH3 is 1. The minimum atomic E-state index is -2.33. The first-order chi connectivity index (χ1) is 8.14. The van der Waals surface area contributed by atoms with Crippen LogP contribution in [0.4, 0.5) is 0 Å². The lowest BCUT2D eigenvalue weighted by Gasteiger charge is -2.31. The first kappa shape index (κ1) is 13.3. The van der Waals surface area contributed by atoms with Crippen molar-refractivity contribution in [2.45, 2.75) is 37.6 Å². The molecule has 0 radical (unpaired) electrons. The standard InChI is InChI=1S/C13H18Cl2OSi/c1-16-11-7-9-13(10-8-11)17(14,15)12-5-3-2-4-6-12/h7-10,12H,2-6H2,1H3. The van der Waals surface area contributed by atoms with Gasteiger partial charge in [-0.2, -0.15) is 0 Å². The highest BCUT2D eigenvalue weighted by molar-refractivity contribution is 7.51. The summed E-state index contributed by atoms with van der Waals surface area (Å²) in [4.78, 5) is 0. The zero-order valence-electron chi connectivity index (χ0n) is 10.1. The fourth-order valence-corrected chi connectivity index (χ4v) is 6.80. The molecule has 0 unspecified atom stereocenters. The minimum absolute atomic E-state index is 0.507. The number of benzene rings is 1. The molecule has 0 aromatic heterocycles. The van der Waals surface area contributed by atoms with Gasteiger partial charge in [0.05, 0.1) is 7.11 Å². The van der Waals surface area contributed by atoms with Gasteiger partial charge in [-0.15, -0.1) is 22.2 Å². The van der Waals surface area contributed by atoms with E-state index in [-0.39, 0.29) is 0 Å². The van der Waals surface area contributed by atoms with Gasteiger partial charge in [-0.25, -0.2) is 0 Å². The van der Waals surface area contributed by atoms with Crippen LogP contribution in [0.25, 0.3) is 0 Å². The van der Waals surface area contributed by atoms with E-state index in [0.29, 0.717) is 5.54 Å². The van der Waals surface area contributed by atoms with Crippen LogP contribution in [-0.4, -0.2) is 13.8 Å². The molecule has 17 heavy (non-hydrogen) atoms. The third-order valence-corrected chi connectivity index (χ3v) is 9.46. The molecule has 1 nitrogen and oxygen atoms in total. The second-order valence-electron chi connectivity index (χ2n) is 4.69. The van der Waals surface area contributed by atoms with Crippen LogP contribution in [0.1, 0.15) is 32.1 Å². The maximum Gasteiger partial charge on any atom is 0.283 e. The van der Waals surface area contributed by atoms with Crippen molar-refractivity contribution in [1.82, 2.24) is 0 Å². The van der Waals surface area contributed by atoms with E-state index < -0.39 is 6.69 Å². The molecule has 94 valence electrons. The summed E-state index contributed by atoms with van der Waals surface area (Å²) in [6, 6.07) is 7.95. The van der Waals surface area contributed by atoms with Crippen LogP contribution in [0.2, 0.25) is 5.54 Å². The molecule has 0 aliphatic heterocycles. The normalized spacial score (nSPS) is 18.1. The summed E-state index contributed by atoms with van der Waals surface area (Å²) >= 11 is 13.4. The molecular formula is C13H18Cl2OSi. The van der Waals surface area contributed by atoms with E-state index in [0.717, 1.165) is 10.9 Å². The van der Waals surface area contributed by atoms with Crippen molar-refractivity contribution in [1.29, 1.82) is 0 Å². The molecule has 0 heterocycles. The quantitative estimate of drug-likeness (QED) is 0.600. The molecule has 1 saturated carbocycles. The van der Waals surface area contributed by atoms with Gasteiger partial charge in [-0.3, -0.25) is 0 Å². The van der Waals surface area contributed by atoms with Gasteiger partial charge >= 0.3 is 0 Å². The van der Waals surface area contributed by atoms with Crippen molar-refractivity contribution in [2.24, 2.45) is 0 Å². The Hall–Kier alpha value is -0.183. The molecule has 1 fully saturated rings. The molecule has 0 bridgehead atoms. The number of hydrogen-bond donors (Lipinski definition) is 0. The van der Waals surface area contributed by atoms with Gasteiger partial charge in [-0.1, -0.05) is 44.2 Å². The largest absolute Gasteiger partial charge is 0.497 e. The summed E-state index contributed by atoms with van der Waals surface area (Å²) in [6.45, 7) is -2.33. The van der Waals surface area contributed by atoms with Crippen molar-refractivity contribution >= 4 is 34.0 Å². The predicted octanol–water partition coefficient (Wildman–Crippen LogP) is 4.16. The summed E-state index contributed by atoms with van der Waals surface area (Å²) in [6.07, 6.45) is 6.25. The van der Waals surface area contributed by atoms with Crippen molar-refractivity contribution < 1.29 is 4.74 Å². The number of rotatable bonds is 3. The molecule has 1 aromatic rings. The maximum atomic E-state index is 6.70. The summed E-state index contributed by atoms with van der Waals surface area (Å²) < 4.78 is 5.16. The number of halogens is 2. The van der Waals surface area contributed by atoms with Crippen LogP contribution < -0.4 is 9.92 Å². The molecule has 2 rings (SSSR count). The zero-order valence-corrected chi connectivity index (χ0v) is 12.6. The summed E-state index contributed by atoms with van der Waals surface area (Å²) in [7, 11) is 1.67. The summed E-state index contributed by atoms with van der Waals surface area (Å²) in [5.41, 5.74) is 0.507. The molecule has 0 atom stereocenters. The number of ether oxygens (including phenoxy) is 1. The van der Waals surface area contributed by atoms with E-state index in [1.165, 1.54) is 32.1 Å². The molecule has 1 aliphatic carbocycles. The molecule has 0 spiro atoms. The first-order valence-electron chi connectivity index (χ1n) is 6.17. The highest BCUT2D eigenvalue weighted by Crippen LogP contribution is 2.41. The van der Waals surface area contributed by atoms with Gasteiger partial charge in [0.1, 0.15) is 5.75 Å². The molecular weight excluding hydrogens is 271 g/mol. The van der Waals surface area contributed by atoms with Crippen LogP contribution in [0.15, 0.2) is 24.3 Å². The van der Waals surface area contributed by atoms with Gasteiger partial charge in [0.25, 0.3) is 6.69 Å². The van der Waals surface area contributed by atoms with Gasteiger partial charge < -0.3 is 4.74 Å². The van der Waals surface area contributed by atoms with E-state index in [4.69, 9.17) is 26.9 Å². The monoisotopic (exact) mass is 288 g/mol. The van der Waals surface area contributed by atoms with Crippen LogP contribution in [0.5, 0.6) is 5.75 Å². The highest BCUT2D eigenvalue weighted by atomic mass is 35.7. The van der Waals surface area contributed by atoms with Crippen molar-refractivity contribution in [3.8, 4) is 5.75 Å².